The molecule has 1 aliphatic carbocycles. The number of nitrogens with one attached hydrogen (secondary N) is 1. The van der Waals surface area contributed by atoms with Crippen LogP contribution in [-0.2, 0) is 9.47 Å². The van der Waals surface area contributed by atoms with Crippen molar-refractivity contribution in [1.82, 2.24) is 10.2 Å². The maximum atomic E-state index is 5.96. The molecule has 0 aromatic heterocycles. The van der Waals surface area contributed by atoms with Gasteiger partial charge in [0.2, 0.25) is 0 Å². The second-order valence-electron chi connectivity index (χ2n) is 7.63. The van der Waals surface area contributed by atoms with Gasteiger partial charge < -0.3 is 19.7 Å². The molecule has 1 heterocycles. The molecule has 1 saturated carbocycles. The van der Waals surface area contributed by atoms with Gasteiger partial charge >= 0.3 is 0 Å². The normalized spacial score (nSPS) is 26.0. The summed E-state index contributed by atoms with van der Waals surface area (Å²) in [6.45, 7) is 7.09. The average molecular weight is 354 g/mol. The van der Waals surface area contributed by atoms with Gasteiger partial charge in [-0.3, -0.25) is 4.99 Å². The van der Waals surface area contributed by atoms with Crippen LogP contribution in [-0.4, -0.2) is 64.0 Å². The molecule has 146 valence electrons. The number of likely N-dealkylation sites (tertiary alicyclic amines) is 1. The molecule has 2 aliphatic rings. The highest BCUT2D eigenvalue weighted by molar-refractivity contribution is 5.79. The molecule has 1 saturated heterocycles. The number of piperidine rings is 1. The molecule has 0 unspecified atom stereocenters. The molecule has 5 heteroatoms. The van der Waals surface area contributed by atoms with Crippen LogP contribution in [0.4, 0.5) is 0 Å². The van der Waals surface area contributed by atoms with Gasteiger partial charge in [0, 0.05) is 47.0 Å². The molecule has 0 bridgehead atoms. The Labute approximate surface area is 154 Å². The van der Waals surface area contributed by atoms with Gasteiger partial charge in [-0.1, -0.05) is 26.2 Å². The number of aliphatic imine (C=N–C) groups is 1. The fourth-order valence-electron chi connectivity index (χ4n) is 4.10. The number of ether oxygens (including phenoxy) is 2. The summed E-state index contributed by atoms with van der Waals surface area (Å²) in [5.74, 6) is 2.87. The van der Waals surface area contributed by atoms with Crippen LogP contribution in [0, 0.1) is 11.8 Å². The van der Waals surface area contributed by atoms with E-state index in [1.165, 1.54) is 32.1 Å². The van der Waals surface area contributed by atoms with Crippen molar-refractivity contribution in [2.24, 2.45) is 16.8 Å². The number of rotatable bonds is 8. The van der Waals surface area contributed by atoms with E-state index in [0.29, 0.717) is 6.10 Å². The first-order valence-corrected chi connectivity index (χ1v) is 10.3. The zero-order valence-corrected chi connectivity index (χ0v) is 16.6. The van der Waals surface area contributed by atoms with Crippen LogP contribution >= 0.6 is 0 Å². The average Bonchev–Trinajstić information content (AvgIpc) is 2.67. The maximum absolute atomic E-state index is 5.96. The van der Waals surface area contributed by atoms with Crippen molar-refractivity contribution in [3.63, 3.8) is 0 Å². The molecule has 0 aromatic rings. The Bertz CT molecular complexity index is 373. The van der Waals surface area contributed by atoms with Crippen molar-refractivity contribution in [2.75, 3.05) is 47.0 Å². The summed E-state index contributed by atoms with van der Waals surface area (Å²) < 4.78 is 11.0. The van der Waals surface area contributed by atoms with Crippen molar-refractivity contribution in [2.45, 2.75) is 64.4 Å². The smallest absolute Gasteiger partial charge is 0.193 e. The quantitative estimate of drug-likeness (QED) is 0.413. The number of nitrogens with zero attached hydrogens (tertiary/aromatic N) is 2. The Morgan fingerprint density at radius 3 is 2.32 bits per heavy atom. The van der Waals surface area contributed by atoms with E-state index in [-0.39, 0.29) is 0 Å². The highest BCUT2D eigenvalue weighted by atomic mass is 16.5. The van der Waals surface area contributed by atoms with Gasteiger partial charge in [0.1, 0.15) is 0 Å². The number of hydrogen-bond acceptors (Lipinski definition) is 3. The van der Waals surface area contributed by atoms with Crippen LogP contribution in [0.1, 0.15) is 58.3 Å². The van der Waals surface area contributed by atoms with Crippen LogP contribution in [0.2, 0.25) is 0 Å². The van der Waals surface area contributed by atoms with Gasteiger partial charge in [-0.15, -0.1) is 0 Å². The molecule has 25 heavy (non-hydrogen) atoms. The van der Waals surface area contributed by atoms with E-state index in [1.54, 1.807) is 7.11 Å². The molecule has 5 nitrogen and oxygen atoms in total. The van der Waals surface area contributed by atoms with E-state index < -0.39 is 0 Å². The Hall–Kier alpha value is -0.810. The monoisotopic (exact) mass is 353 g/mol. The largest absolute Gasteiger partial charge is 0.385 e. The summed E-state index contributed by atoms with van der Waals surface area (Å²) in [4.78, 5) is 6.91. The summed E-state index contributed by atoms with van der Waals surface area (Å²) in [5, 5.41) is 3.64. The van der Waals surface area contributed by atoms with Crippen LogP contribution in [0.5, 0.6) is 0 Å². The second-order valence-corrected chi connectivity index (χ2v) is 7.63. The van der Waals surface area contributed by atoms with Crippen molar-refractivity contribution >= 4 is 5.96 Å². The number of hydrogen-bond donors (Lipinski definition) is 1. The van der Waals surface area contributed by atoms with E-state index in [1.807, 2.05) is 7.05 Å². The summed E-state index contributed by atoms with van der Waals surface area (Å²) in [7, 11) is 3.65. The Kier molecular flexibility index (Phi) is 9.63. The molecule has 0 spiro atoms. The van der Waals surface area contributed by atoms with Gasteiger partial charge in [-0.05, 0) is 43.9 Å². The summed E-state index contributed by atoms with van der Waals surface area (Å²) in [6, 6.07) is 0. The van der Waals surface area contributed by atoms with Crippen molar-refractivity contribution in [3.05, 3.63) is 0 Å². The zero-order chi connectivity index (χ0) is 17.9. The first-order valence-electron chi connectivity index (χ1n) is 10.3. The van der Waals surface area contributed by atoms with E-state index in [9.17, 15) is 0 Å². The molecule has 2 fully saturated rings. The molecule has 0 atom stereocenters. The third kappa shape index (κ3) is 7.14. The standard InChI is InChI=1S/C20H39N3O2/c1-4-17-6-8-18(9-7-17)16-22-20(21-2)23-12-10-19(11-13-23)25-15-5-14-24-3/h17-19H,4-16H2,1-3H3,(H,21,22). The number of guanidine groups is 1. The fourth-order valence-corrected chi connectivity index (χ4v) is 4.10. The molecule has 0 radical (unpaired) electrons. The van der Waals surface area contributed by atoms with Crippen LogP contribution < -0.4 is 5.32 Å². The van der Waals surface area contributed by atoms with Gasteiger partial charge in [0.15, 0.2) is 5.96 Å². The predicted molar refractivity (Wildman–Crippen MR) is 104 cm³/mol. The van der Waals surface area contributed by atoms with Gasteiger partial charge in [-0.2, -0.15) is 0 Å². The predicted octanol–water partition coefficient (Wildman–Crippen LogP) is 3.30. The topological polar surface area (TPSA) is 46.1 Å². The first-order chi connectivity index (χ1) is 12.3. The third-order valence-corrected chi connectivity index (χ3v) is 5.89. The molecule has 0 amide bonds. The zero-order valence-electron chi connectivity index (χ0n) is 16.6. The molecule has 0 aromatic carbocycles. The molecule has 1 N–H and O–H groups in total. The van der Waals surface area contributed by atoms with Crippen molar-refractivity contribution in [1.29, 1.82) is 0 Å². The van der Waals surface area contributed by atoms with Gasteiger partial charge in [0.25, 0.3) is 0 Å². The van der Waals surface area contributed by atoms with E-state index in [2.05, 4.69) is 22.1 Å². The van der Waals surface area contributed by atoms with Crippen LogP contribution in [0.3, 0.4) is 0 Å². The highest BCUT2D eigenvalue weighted by Gasteiger charge is 2.24. The Morgan fingerprint density at radius 2 is 1.72 bits per heavy atom. The minimum Gasteiger partial charge on any atom is -0.385 e. The Balaban J connectivity index is 1.63. The lowest BCUT2D eigenvalue weighted by Crippen LogP contribution is -2.48. The maximum Gasteiger partial charge on any atom is 0.193 e. The highest BCUT2D eigenvalue weighted by Crippen LogP contribution is 2.30. The lowest BCUT2D eigenvalue weighted by Gasteiger charge is -2.35. The minimum absolute atomic E-state index is 0.399. The first kappa shape index (κ1) is 20.5. The Morgan fingerprint density at radius 1 is 1.04 bits per heavy atom. The van der Waals surface area contributed by atoms with E-state index in [0.717, 1.165) is 69.9 Å². The van der Waals surface area contributed by atoms with Crippen molar-refractivity contribution < 1.29 is 9.47 Å². The molecule has 2 rings (SSSR count). The van der Waals surface area contributed by atoms with E-state index in [4.69, 9.17) is 9.47 Å². The molecule has 1 aliphatic heterocycles. The van der Waals surface area contributed by atoms with Gasteiger partial charge in [0.05, 0.1) is 6.10 Å². The second kappa shape index (κ2) is 11.7. The summed E-state index contributed by atoms with van der Waals surface area (Å²) >= 11 is 0. The fraction of sp³-hybridized carbons (Fsp3) is 0.950. The number of methoxy groups -OCH3 is 1. The summed E-state index contributed by atoms with van der Waals surface area (Å²) in [6.07, 6.45) is 10.5. The third-order valence-electron chi connectivity index (χ3n) is 5.89. The van der Waals surface area contributed by atoms with E-state index >= 15 is 0 Å². The molecular formula is C20H39N3O2. The SMILES string of the molecule is CCC1CCC(CNC(=NC)N2CCC(OCCCOC)CC2)CC1. The molecular weight excluding hydrogens is 314 g/mol. The van der Waals surface area contributed by atoms with Crippen LogP contribution in [0.15, 0.2) is 4.99 Å². The summed E-state index contributed by atoms with van der Waals surface area (Å²) in [5.41, 5.74) is 0. The van der Waals surface area contributed by atoms with Gasteiger partial charge in [-0.25, -0.2) is 0 Å². The van der Waals surface area contributed by atoms with Crippen LogP contribution in [0.25, 0.3) is 0 Å². The minimum atomic E-state index is 0.399. The van der Waals surface area contributed by atoms with Crippen molar-refractivity contribution in [3.8, 4) is 0 Å². The lowest BCUT2D eigenvalue weighted by atomic mass is 9.81. The lowest BCUT2D eigenvalue weighted by molar-refractivity contribution is 0.00987.